The van der Waals surface area contributed by atoms with Crippen LogP contribution in [0.4, 0.5) is 5.69 Å². The molecule has 2 N–H and O–H groups in total. The molecule has 0 spiro atoms. The van der Waals surface area contributed by atoms with Crippen molar-refractivity contribution in [3.63, 3.8) is 0 Å². The van der Waals surface area contributed by atoms with E-state index >= 15 is 0 Å². The molecule has 0 atom stereocenters. The smallest absolute Gasteiger partial charge is 0.264 e. The standard InChI is InChI=1S/C18H15IN2O3S/c1-10-5-3-4-6-13(10)20-18-21-17(23)15(25-18)9-11-7-12(19)16(22)14(8-11)24-2/h3-9,22H,1-2H3,(H,20,21,23)/b15-9+. The van der Waals surface area contributed by atoms with Gasteiger partial charge < -0.3 is 15.2 Å². The highest BCUT2D eigenvalue weighted by Gasteiger charge is 2.24. The van der Waals surface area contributed by atoms with Gasteiger partial charge in [-0.3, -0.25) is 4.79 Å². The molecule has 1 amide bonds. The van der Waals surface area contributed by atoms with E-state index in [4.69, 9.17) is 4.74 Å². The number of thioether (sulfide) groups is 1. The number of ether oxygens (including phenoxy) is 1. The molecule has 0 unspecified atom stereocenters. The summed E-state index contributed by atoms with van der Waals surface area (Å²) in [7, 11) is 1.49. The fourth-order valence-electron chi connectivity index (χ4n) is 2.26. The Labute approximate surface area is 163 Å². The normalized spacial score (nSPS) is 17.2. The summed E-state index contributed by atoms with van der Waals surface area (Å²) in [5, 5.41) is 13.2. The maximum atomic E-state index is 12.2. The number of hydrogen-bond donors (Lipinski definition) is 2. The summed E-state index contributed by atoms with van der Waals surface area (Å²) in [4.78, 5) is 17.3. The van der Waals surface area contributed by atoms with Gasteiger partial charge in [-0.15, -0.1) is 0 Å². The number of amidine groups is 1. The first kappa shape index (κ1) is 17.8. The third-order valence-electron chi connectivity index (χ3n) is 3.56. The summed E-state index contributed by atoms with van der Waals surface area (Å²) in [5.41, 5.74) is 2.64. The number of hydrogen-bond acceptors (Lipinski definition) is 5. The van der Waals surface area contributed by atoms with Crippen molar-refractivity contribution in [2.24, 2.45) is 4.99 Å². The van der Waals surface area contributed by atoms with Crippen molar-refractivity contribution >= 4 is 57.2 Å². The number of methoxy groups -OCH3 is 1. The van der Waals surface area contributed by atoms with Gasteiger partial charge in [0.15, 0.2) is 16.7 Å². The lowest BCUT2D eigenvalue weighted by atomic mass is 10.2. The van der Waals surface area contributed by atoms with Crippen LogP contribution in [0.25, 0.3) is 6.08 Å². The van der Waals surface area contributed by atoms with Crippen LogP contribution in [0.5, 0.6) is 11.5 Å². The highest BCUT2D eigenvalue weighted by Crippen LogP contribution is 2.35. The Morgan fingerprint density at radius 1 is 1.32 bits per heavy atom. The Morgan fingerprint density at radius 2 is 2.08 bits per heavy atom. The van der Waals surface area contributed by atoms with E-state index in [1.54, 1.807) is 18.2 Å². The molecule has 0 saturated carbocycles. The zero-order valence-corrected chi connectivity index (χ0v) is 16.5. The molecular formula is C18H15IN2O3S. The molecule has 0 aliphatic carbocycles. The Kier molecular flexibility index (Phi) is 5.33. The van der Waals surface area contributed by atoms with Gasteiger partial charge in [0.25, 0.3) is 5.91 Å². The molecule has 3 rings (SSSR count). The number of aliphatic imine (C=N–C) groups is 1. The maximum Gasteiger partial charge on any atom is 0.264 e. The summed E-state index contributed by atoms with van der Waals surface area (Å²) >= 11 is 3.31. The Hall–Kier alpha value is -2.00. The second-order valence-corrected chi connectivity index (χ2v) is 7.51. The molecule has 2 aromatic rings. The van der Waals surface area contributed by atoms with Crippen molar-refractivity contribution in [1.82, 2.24) is 5.32 Å². The van der Waals surface area contributed by atoms with Crippen molar-refractivity contribution < 1.29 is 14.6 Å². The highest BCUT2D eigenvalue weighted by atomic mass is 127. The van der Waals surface area contributed by atoms with E-state index < -0.39 is 0 Å². The van der Waals surface area contributed by atoms with Crippen LogP contribution in [-0.4, -0.2) is 23.3 Å². The Bertz CT molecular complexity index is 909. The molecular weight excluding hydrogens is 451 g/mol. The van der Waals surface area contributed by atoms with Gasteiger partial charge in [-0.1, -0.05) is 18.2 Å². The van der Waals surface area contributed by atoms with Gasteiger partial charge in [0.2, 0.25) is 0 Å². The number of halogens is 1. The molecule has 25 heavy (non-hydrogen) atoms. The Morgan fingerprint density at radius 3 is 2.80 bits per heavy atom. The molecule has 5 nitrogen and oxygen atoms in total. The number of phenolic OH excluding ortho intramolecular Hbond substituents is 1. The zero-order valence-electron chi connectivity index (χ0n) is 13.5. The molecule has 7 heteroatoms. The number of aromatic hydroxyl groups is 1. The largest absolute Gasteiger partial charge is 0.504 e. The molecule has 1 aliphatic rings. The van der Waals surface area contributed by atoms with Crippen LogP contribution in [0.1, 0.15) is 11.1 Å². The summed E-state index contributed by atoms with van der Waals surface area (Å²) in [5.74, 6) is 0.269. The first-order valence-corrected chi connectivity index (χ1v) is 9.29. The van der Waals surface area contributed by atoms with Crippen LogP contribution in [0, 0.1) is 10.5 Å². The van der Waals surface area contributed by atoms with E-state index in [2.05, 4.69) is 10.3 Å². The third kappa shape index (κ3) is 3.98. The van der Waals surface area contributed by atoms with Crippen LogP contribution in [-0.2, 0) is 4.79 Å². The number of carbonyl (C=O) groups is 1. The van der Waals surface area contributed by atoms with Crippen LogP contribution in [0.3, 0.4) is 0 Å². The van der Waals surface area contributed by atoms with Crippen molar-refractivity contribution in [3.05, 3.63) is 56.0 Å². The van der Waals surface area contributed by atoms with E-state index in [0.29, 0.717) is 19.4 Å². The summed E-state index contributed by atoms with van der Waals surface area (Å²) < 4.78 is 5.81. The van der Waals surface area contributed by atoms with Crippen LogP contribution in [0.15, 0.2) is 46.3 Å². The highest BCUT2D eigenvalue weighted by molar-refractivity contribution is 14.1. The van der Waals surface area contributed by atoms with Crippen molar-refractivity contribution in [3.8, 4) is 11.5 Å². The van der Waals surface area contributed by atoms with Crippen molar-refractivity contribution in [2.75, 3.05) is 7.11 Å². The molecule has 1 aliphatic heterocycles. The molecule has 0 radical (unpaired) electrons. The average molecular weight is 466 g/mol. The van der Waals surface area contributed by atoms with Crippen LogP contribution < -0.4 is 10.1 Å². The molecule has 128 valence electrons. The van der Waals surface area contributed by atoms with Gasteiger partial charge in [-0.25, -0.2) is 4.99 Å². The van der Waals surface area contributed by atoms with Gasteiger partial charge >= 0.3 is 0 Å². The number of aryl methyl sites for hydroxylation is 1. The first-order chi connectivity index (χ1) is 12.0. The minimum Gasteiger partial charge on any atom is -0.504 e. The number of phenols is 1. The minimum absolute atomic E-state index is 0.0931. The average Bonchev–Trinajstić information content (AvgIpc) is 2.92. The predicted molar refractivity (Wildman–Crippen MR) is 109 cm³/mol. The number of para-hydroxylation sites is 1. The molecule has 0 bridgehead atoms. The van der Waals surface area contributed by atoms with Crippen LogP contribution in [0.2, 0.25) is 0 Å². The van der Waals surface area contributed by atoms with E-state index in [1.807, 2.05) is 53.8 Å². The van der Waals surface area contributed by atoms with Gasteiger partial charge in [0.1, 0.15) is 0 Å². The van der Waals surface area contributed by atoms with E-state index in [0.717, 1.165) is 16.8 Å². The fraction of sp³-hybridized carbons (Fsp3) is 0.111. The minimum atomic E-state index is -0.195. The summed E-state index contributed by atoms with van der Waals surface area (Å²) in [6.45, 7) is 1.97. The lowest BCUT2D eigenvalue weighted by Crippen LogP contribution is -2.19. The van der Waals surface area contributed by atoms with Crippen molar-refractivity contribution in [2.45, 2.75) is 6.92 Å². The monoisotopic (exact) mass is 466 g/mol. The predicted octanol–water partition coefficient (Wildman–Crippen LogP) is 4.21. The second-order valence-electron chi connectivity index (χ2n) is 5.32. The van der Waals surface area contributed by atoms with Gasteiger partial charge in [-0.05, 0) is 76.7 Å². The number of benzene rings is 2. The lowest BCUT2D eigenvalue weighted by Gasteiger charge is -2.06. The van der Waals surface area contributed by atoms with Crippen molar-refractivity contribution in [1.29, 1.82) is 0 Å². The number of amides is 1. The molecule has 1 fully saturated rings. The fourth-order valence-corrected chi connectivity index (χ4v) is 3.72. The second kappa shape index (κ2) is 7.49. The quantitative estimate of drug-likeness (QED) is 0.526. The van der Waals surface area contributed by atoms with E-state index in [-0.39, 0.29) is 11.7 Å². The van der Waals surface area contributed by atoms with E-state index in [1.165, 1.54) is 18.9 Å². The maximum absolute atomic E-state index is 12.2. The topological polar surface area (TPSA) is 70.9 Å². The number of carbonyl (C=O) groups excluding carboxylic acids is 1. The Balaban J connectivity index is 1.90. The van der Waals surface area contributed by atoms with Gasteiger partial charge in [0, 0.05) is 0 Å². The van der Waals surface area contributed by atoms with E-state index in [9.17, 15) is 9.90 Å². The van der Waals surface area contributed by atoms with Gasteiger partial charge in [0.05, 0.1) is 21.3 Å². The number of rotatable bonds is 3. The van der Waals surface area contributed by atoms with Crippen LogP contribution >= 0.6 is 34.4 Å². The number of nitrogens with zero attached hydrogens (tertiary/aromatic N) is 1. The van der Waals surface area contributed by atoms with Gasteiger partial charge in [-0.2, -0.15) is 0 Å². The first-order valence-electron chi connectivity index (χ1n) is 7.39. The molecule has 0 aromatic heterocycles. The number of nitrogens with one attached hydrogen (secondary N) is 1. The SMILES string of the molecule is COc1cc(/C=C2/SC(=Nc3ccccc3C)NC2=O)cc(I)c1O. The lowest BCUT2D eigenvalue weighted by molar-refractivity contribution is -0.115. The summed E-state index contributed by atoms with van der Waals surface area (Å²) in [6.07, 6.45) is 1.75. The zero-order chi connectivity index (χ0) is 18.0. The molecule has 1 saturated heterocycles. The molecule has 2 aromatic carbocycles. The summed E-state index contributed by atoms with van der Waals surface area (Å²) in [6, 6.07) is 11.2. The third-order valence-corrected chi connectivity index (χ3v) is 5.29. The molecule has 1 heterocycles.